The van der Waals surface area contributed by atoms with Crippen LogP contribution in [0.15, 0.2) is 24.3 Å². The van der Waals surface area contributed by atoms with Gasteiger partial charge in [0.1, 0.15) is 0 Å². The molecular formula is C13H20N2O. The molecule has 1 aromatic carbocycles. The molecule has 1 amide bonds. The zero-order chi connectivity index (χ0) is 12.1. The molecule has 3 heteroatoms. The number of rotatable bonds is 4. The Labute approximate surface area is 97.2 Å². The van der Waals surface area contributed by atoms with E-state index in [-0.39, 0.29) is 18.0 Å². The van der Waals surface area contributed by atoms with Crippen LogP contribution < -0.4 is 10.6 Å². The van der Waals surface area contributed by atoms with Crippen LogP contribution in [0.4, 0.5) is 0 Å². The zero-order valence-electron chi connectivity index (χ0n) is 10.4. The van der Waals surface area contributed by atoms with Crippen LogP contribution in [0.5, 0.6) is 0 Å². The number of likely N-dealkylation sites (N-methyl/N-ethyl adjacent to an activating group) is 1. The third kappa shape index (κ3) is 3.07. The fourth-order valence-electron chi connectivity index (χ4n) is 1.62. The van der Waals surface area contributed by atoms with Crippen molar-refractivity contribution in [1.82, 2.24) is 10.6 Å². The van der Waals surface area contributed by atoms with Crippen LogP contribution in [0.3, 0.4) is 0 Å². The van der Waals surface area contributed by atoms with Crippen LogP contribution in [0.2, 0.25) is 0 Å². The Morgan fingerprint density at radius 3 is 2.44 bits per heavy atom. The summed E-state index contributed by atoms with van der Waals surface area (Å²) in [5, 5.41) is 5.91. The van der Waals surface area contributed by atoms with Crippen molar-refractivity contribution >= 4 is 5.91 Å². The minimum atomic E-state index is -0.161. The molecule has 0 aliphatic carbocycles. The quantitative estimate of drug-likeness (QED) is 0.812. The van der Waals surface area contributed by atoms with Crippen LogP contribution in [-0.4, -0.2) is 19.0 Å². The molecule has 0 saturated carbocycles. The van der Waals surface area contributed by atoms with E-state index in [4.69, 9.17) is 0 Å². The smallest absolute Gasteiger partial charge is 0.237 e. The standard InChI is InChI=1S/C13H20N2O/c1-9-7-5-6-8-12(9)10(2)15-13(16)11(3)14-4/h5-8,10-11,14H,1-4H3,(H,15,16)/t10-,11?/m1/s1. The van der Waals surface area contributed by atoms with Gasteiger partial charge in [0.2, 0.25) is 5.91 Å². The van der Waals surface area contributed by atoms with E-state index in [0.29, 0.717) is 0 Å². The van der Waals surface area contributed by atoms with Gasteiger partial charge in [0.15, 0.2) is 0 Å². The molecule has 0 aliphatic heterocycles. The lowest BCUT2D eigenvalue weighted by molar-refractivity contribution is -0.123. The van der Waals surface area contributed by atoms with Crippen LogP contribution >= 0.6 is 0 Å². The Hall–Kier alpha value is -1.35. The summed E-state index contributed by atoms with van der Waals surface area (Å²) >= 11 is 0. The highest BCUT2D eigenvalue weighted by atomic mass is 16.2. The normalized spacial score (nSPS) is 14.2. The third-order valence-corrected chi connectivity index (χ3v) is 2.84. The highest BCUT2D eigenvalue weighted by molar-refractivity contribution is 5.81. The zero-order valence-corrected chi connectivity index (χ0v) is 10.4. The second-order valence-corrected chi connectivity index (χ2v) is 4.10. The summed E-state index contributed by atoms with van der Waals surface area (Å²) in [6.07, 6.45) is 0. The number of hydrogen-bond acceptors (Lipinski definition) is 2. The number of amides is 1. The van der Waals surface area contributed by atoms with Gasteiger partial charge in [-0.15, -0.1) is 0 Å². The lowest BCUT2D eigenvalue weighted by Gasteiger charge is -2.19. The summed E-state index contributed by atoms with van der Waals surface area (Å²) in [5.74, 6) is 0.0262. The fraction of sp³-hybridized carbons (Fsp3) is 0.462. The van der Waals surface area contributed by atoms with E-state index >= 15 is 0 Å². The van der Waals surface area contributed by atoms with E-state index in [2.05, 4.69) is 23.6 Å². The maximum Gasteiger partial charge on any atom is 0.237 e. The summed E-state index contributed by atoms with van der Waals surface area (Å²) in [5.41, 5.74) is 2.37. The van der Waals surface area contributed by atoms with Crippen molar-refractivity contribution in [3.63, 3.8) is 0 Å². The van der Waals surface area contributed by atoms with Gasteiger partial charge < -0.3 is 10.6 Å². The maximum absolute atomic E-state index is 11.7. The first kappa shape index (κ1) is 12.7. The number of nitrogens with one attached hydrogen (secondary N) is 2. The van der Waals surface area contributed by atoms with Gasteiger partial charge in [-0.05, 0) is 38.9 Å². The monoisotopic (exact) mass is 220 g/mol. The van der Waals surface area contributed by atoms with E-state index in [1.807, 2.05) is 32.0 Å². The minimum absolute atomic E-state index is 0.0262. The average molecular weight is 220 g/mol. The highest BCUT2D eigenvalue weighted by Crippen LogP contribution is 2.16. The molecular weight excluding hydrogens is 200 g/mol. The summed E-state index contributed by atoms with van der Waals surface area (Å²) in [6.45, 7) is 5.90. The second-order valence-electron chi connectivity index (χ2n) is 4.10. The van der Waals surface area contributed by atoms with Crippen LogP contribution in [0.25, 0.3) is 0 Å². The molecule has 1 unspecified atom stereocenters. The topological polar surface area (TPSA) is 41.1 Å². The highest BCUT2D eigenvalue weighted by Gasteiger charge is 2.14. The van der Waals surface area contributed by atoms with Crippen LogP contribution in [0, 0.1) is 6.92 Å². The molecule has 2 N–H and O–H groups in total. The average Bonchev–Trinajstić information content (AvgIpc) is 2.28. The molecule has 0 bridgehead atoms. The van der Waals surface area contributed by atoms with Crippen LogP contribution in [0.1, 0.15) is 31.0 Å². The molecule has 1 rings (SSSR count). The predicted molar refractivity (Wildman–Crippen MR) is 66.3 cm³/mol. The second kappa shape index (κ2) is 5.66. The Balaban J connectivity index is 2.69. The summed E-state index contributed by atoms with van der Waals surface area (Å²) in [7, 11) is 1.78. The number of benzene rings is 1. The molecule has 0 spiro atoms. The Morgan fingerprint density at radius 1 is 1.25 bits per heavy atom. The van der Waals surface area contributed by atoms with Crippen LogP contribution in [-0.2, 0) is 4.79 Å². The van der Waals surface area contributed by atoms with E-state index in [9.17, 15) is 4.79 Å². The molecule has 0 heterocycles. The van der Waals surface area contributed by atoms with Gasteiger partial charge in [-0.3, -0.25) is 4.79 Å². The van der Waals surface area contributed by atoms with Crippen molar-refractivity contribution in [2.75, 3.05) is 7.05 Å². The summed E-state index contributed by atoms with van der Waals surface area (Å²) < 4.78 is 0. The Kier molecular flexibility index (Phi) is 4.50. The molecule has 0 aromatic heterocycles. The van der Waals surface area contributed by atoms with E-state index < -0.39 is 0 Å². The lowest BCUT2D eigenvalue weighted by atomic mass is 10.0. The number of carbonyl (C=O) groups is 1. The SMILES string of the molecule is CNC(C)C(=O)N[C@H](C)c1ccccc1C. The molecule has 0 radical (unpaired) electrons. The lowest BCUT2D eigenvalue weighted by Crippen LogP contribution is -2.41. The fourth-order valence-corrected chi connectivity index (χ4v) is 1.62. The molecule has 16 heavy (non-hydrogen) atoms. The third-order valence-electron chi connectivity index (χ3n) is 2.84. The molecule has 2 atom stereocenters. The largest absolute Gasteiger partial charge is 0.348 e. The Morgan fingerprint density at radius 2 is 1.88 bits per heavy atom. The van der Waals surface area contributed by atoms with Gasteiger partial charge in [0.05, 0.1) is 12.1 Å². The van der Waals surface area contributed by atoms with Gasteiger partial charge in [0, 0.05) is 0 Å². The van der Waals surface area contributed by atoms with Crippen molar-refractivity contribution in [2.24, 2.45) is 0 Å². The van der Waals surface area contributed by atoms with Gasteiger partial charge in [0.25, 0.3) is 0 Å². The first-order valence-corrected chi connectivity index (χ1v) is 5.59. The Bertz CT molecular complexity index is 363. The van der Waals surface area contributed by atoms with Crippen molar-refractivity contribution in [2.45, 2.75) is 32.9 Å². The first-order valence-electron chi connectivity index (χ1n) is 5.59. The molecule has 1 aromatic rings. The maximum atomic E-state index is 11.7. The molecule has 0 fully saturated rings. The van der Waals surface area contributed by atoms with Crippen molar-refractivity contribution < 1.29 is 4.79 Å². The predicted octanol–water partition coefficient (Wildman–Crippen LogP) is 1.78. The van der Waals surface area contributed by atoms with Crippen molar-refractivity contribution in [3.8, 4) is 0 Å². The van der Waals surface area contributed by atoms with Gasteiger partial charge >= 0.3 is 0 Å². The van der Waals surface area contributed by atoms with Crippen molar-refractivity contribution in [3.05, 3.63) is 35.4 Å². The van der Waals surface area contributed by atoms with E-state index in [0.717, 1.165) is 0 Å². The minimum Gasteiger partial charge on any atom is -0.348 e. The van der Waals surface area contributed by atoms with Crippen molar-refractivity contribution in [1.29, 1.82) is 0 Å². The molecule has 88 valence electrons. The molecule has 3 nitrogen and oxygen atoms in total. The van der Waals surface area contributed by atoms with Gasteiger partial charge in [-0.25, -0.2) is 0 Å². The molecule has 0 saturated heterocycles. The number of carbonyl (C=O) groups excluding carboxylic acids is 1. The van der Waals surface area contributed by atoms with E-state index in [1.54, 1.807) is 7.05 Å². The van der Waals surface area contributed by atoms with Gasteiger partial charge in [-0.2, -0.15) is 0 Å². The van der Waals surface area contributed by atoms with Gasteiger partial charge in [-0.1, -0.05) is 24.3 Å². The van der Waals surface area contributed by atoms with E-state index in [1.165, 1.54) is 11.1 Å². The summed E-state index contributed by atoms with van der Waals surface area (Å²) in [6, 6.07) is 7.98. The number of aryl methyl sites for hydroxylation is 1. The summed E-state index contributed by atoms with van der Waals surface area (Å²) in [4.78, 5) is 11.7. The number of hydrogen-bond donors (Lipinski definition) is 2. The first-order chi connectivity index (χ1) is 7.56. The molecule has 0 aliphatic rings.